The Balaban J connectivity index is 2.28. The number of hydrogen-bond donors (Lipinski definition) is 0. The van der Waals surface area contributed by atoms with E-state index in [1.54, 1.807) is 20.8 Å². The zero-order valence-electron chi connectivity index (χ0n) is 20.0. The van der Waals surface area contributed by atoms with Crippen LogP contribution in [-0.2, 0) is 19.1 Å². The second-order valence-electron chi connectivity index (χ2n) is 10.9. The van der Waals surface area contributed by atoms with Crippen molar-refractivity contribution in [2.24, 2.45) is 11.3 Å². The summed E-state index contributed by atoms with van der Waals surface area (Å²) in [6.45, 7) is 14.0. The average molecular weight is 425 g/mol. The minimum atomic E-state index is -0.739. The van der Waals surface area contributed by atoms with Crippen LogP contribution in [0.2, 0.25) is 0 Å². The topological polar surface area (TPSA) is 76.2 Å². The van der Waals surface area contributed by atoms with Gasteiger partial charge in [0.2, 0.25) is 5.91 Å². The van der Waals surface area contributed by atoms with Gasteiger partial charge in [-0.1, -0.05) is 27.7 Å². The summed E-state index contributed by atoms with van der Waals surface area (Å²) in [7, 11) is 1.32. The van der Waals surface area contributed by atoms with Crippen molar-refractivity contribution in [1.29, 1.82) is 0 Å². The van der Waals surface area contributed by atoms with E-state index in [0.717, 1.165) is 25.7 Å². The van der Waals surface area contributed by atoms with Crippen molar-refractivity contribution >= 4 is 18.0 Å². The third kappa shape index (κ3) is 5.88. The van der Waals surface area contributed by atoms with E-state index in [0.29, 0.717) is 6.42 Å². The normalized spacial score (nSPS) is 24.6. The van der Waals surface area contributed by atoms with Crippen molar-refractivity contribution in [2.45, 2.75) is 104 Å². The van der Waals surface area contributed by atoms with Crippen LogP contribution in [0.1, 0.15) is 80.6 Å². The largest absolute Gasteiger partial charge is 0.467 e. The number of amides is 2. The molecule has 1 saturated heterocycles. The SMILES string of the molecule is COC(=O)[C@@H]1C[C@H](N(C(=O)C(C)C)C2CCC(C)(C)CC2)CN1C(=O)OC(C)(C)C. The second-order valence-corrected chi connectivity index (χ2v) is 10.9. The molecule has 2 atom stereocenters. The minimum Gasteiger partial charge on any atom is -0.467 e. The molecule has 1 aliphatic heterocycles. The molecule has 2 rings (SSSR count). The molecule has 0 aromatic carbocycles. The highest BCUT2D eigenvalue weighted by Gasteiger charge is 2.47. The first-order valence-electron chi connectivity index (χ1n) is 11.2. The van der Waals surface area contributed by atoms with Crippen LogP contribution in [0.3, 0.4) is 0 Å². The molecule has 7 heteroatoms. The number of carbonyl (C=O) groups is 3. The first-order valence-corrected chi connectivity index (χ1v) is 11.2. The zero-order valence-corrected chi connectivity index (χ0v) is 20.0. The van der Waals surface area contributed by atoms with Crippen LogP contribution < -0.4 is 0 Å². The van der Waals surface area contributed by atoms with Crippen LogP contribution in [0.25, 0.3) is 0 Å². The summed E-state index contributed by atoms with van der Waals surface area (Å²) in [6, 6.07) is -0.824. The van der Waals surface area contributed by atoms with E-state index >= 15 is 0 Å². The van der Waals surface area contributed by atoms with Gasteiger partial charge in [0.05, 0.1) is 13.2 Å². The number of carbonyl (C=O) groups excluding carboxylic acids is 3. The molecule has 0 aromatic rings. The van der Waals surface area contributed by atoms with Crippen LogP contribution >= 0.6 is 0 Å². The molecule has 1 heterocycles. The summed E-state index contributed by atoms with van der Waals surface area (Å²) < 4.78 is 10.5. The second kappa shape index (κ2) is 9.15. The van der Waals surface area contributed by atoms with Crippen LogP contribution in [0, 0.1) is 11.3 Å². The summed E-state index contributed by atoms with van der Waals surface area (Å²) in [4.78, 5) is 41.9. The van der Waals surface area contributed by atoms with Crippen molar-refractivity contribution in [3.05, 3.63) is 0 Å². The lowest BCUT2D eigenvalue weighted by Gasteiger charge is -2.43. The third-order valence-corrected chi connectivity index (χ3v) is 6.22. The maximum Gasteiger partial charge on any atom is 0.411 e. The highest BCUT2D eigenvalue weighted by Crippen LogP contribution is 2.39. The Kier molecular flexibility index (Phi) is 7.46. The van der Waals surface area contributed by atoms with E-state index in [-0.39, 0.29) is 35.9 Å². The molecule has 0 bridgehead atoms. The minimum absolute atomic E-state index is 0.0827. The molecule has 0 aromatic heterocycles. The maximum atomic E-state index is 13.2. The highest BCUT2D eigenvalue weighted by atomic mass is 16.6. The van der Waals surface area contributed by atoms with Gasteiger partial charge in [0.25, 0.3) is 0 Å². The fourth-order valence-corrected chi connectivity index (χ4v) is 4.52. The van der Waals surface area contributed by atoms with Gasteiger partial charge in [-0.15, -0.1) is 0 Å². The molecule has 2 amide bonds. The third-order valence-electron chi connectivity index (χ3n) is 6.22. The van der Waals surface area contributed by atoms with E-state index in [4.69, 9.17) is 9.47 Å². The van der Waals surface area contributed by atoms with Crippen LogP contribution in [0.4, 0.5) is 4.79 Å². The van der Waals surface area contributed by atoms with Crippen molar-refractivity contribution in [2.75, 3.05) is 13.7 Å². The number of hydrogen-bond acceptors (Lipinski definition) is 5. The molecule has 1 saturated carbocycles. The van der Waals surface area contributed by atoms with Gasteiger partial charge >= 0.3 is 12.1 Å². The van der Waals surface area contributed by atoms with E-state index < -0.39 is 23.7 Å². The number of rotatable bonds is 4. The Morgan fingerprint density at radius 3 is 2.10 bits per heavy atom. The molecule has 2 aliphatic rings. The molecule has 0 spiro atoms. The number of nitrogens with zero attached hydrogens (tertiary/aromatic N) is 2. The van der Waals surface area contributed by atoms with Gasteiger partial charge in [-0.05, 0) is 51.9 Å². The standard InChI is InChI=1S/C23H40N2O5/c1-15(2)19(26)25(16-9-11-23(6,7)12-10-16)17-13-18(20(27)29-8)24(14-17)21(28)30-22(3,4)5/h15-18H,9-14H2,1-8H3/t17-,18-/m0/s1. The Hall–Kier alpha value is -1.79. The van der Waals surface area contributed by atoms with E-state index in [1.807, 2.05) is 18.7 Å². The highest BCUT2D eigenvalue weighted by molar-refractivity contribution is 5.83. The molecule has 1 aliphatic carbocycles. The molecule has 0 N–H and O–H groups in total. The Morgan fingerprint density at radius 2 is 1.63 bits per heavy atom. The van der Waals surface area contributed by atoms with Gasteiger partial charge in [0, 0.05) is 24.9 Å². The molecule has 0 radical (unpaired) electrons. The predicted molar refractivity (Wildman–Crippen MR) is 115 cm³/mol. The number of methoxy groups -OCH3 is 1. The molecule has 7 nitrogen and oxygen atoms in total. The van der Waals surface area contributed by atoms with Crippen molar-refractivity contribution in [3.63, 3.8) is 0 Å². The van der Waals surface area contributed by atoms with Gasteiger partial charge in [0.15, 0.2) is 0 Å². The predicted octanol–water partition coefficient (Wildman–Crippen LogP) is 3.99. The number of esters is 1. The summed E-state index contributed by atoms with van der Waals surface area (Å²) in [6.07, 6.45) is 3.84. The van der Waals surface area contributed by atoms with Crippen molar-refractivity contribution < 1.29 is 23.9 Å². The lowest BCUT2D eigenvalue weighted by molar-refractivity contribution is -0.146. The first-order chi connectivity index (χ1) is 13.8. The Morgan fingerprint density at radius 1 is 1.07 bits per heavy atom. The monoisotopic (exact) mass is 424 g/mol. The quantitative estimate of drug-likeness (QED) is 0.638. The van der Waals surface area contributed by atoms with Crippen molar-refractivity contribution in [1.82, 2.24) is 9.80 Å². The maximum absolute atomic E-state index is 13.2. The fraction of sp³-hybridized carbons (Fsp3) is 0.870. The summed E-state index contributed by atoms with van der Waals surface area (Å²) in [5.41, 5.74) is -0.381. The lowest BCUT2D eigenvalue weighted by atomic mass is 9.75. The molecule has 172 valence electrons. The molecular formula is C23H40N2O5. The molecule has 30 heavy (non-hydrogen) atoms. The Labute approximate surface area is 181 Å². The molecular weight excluding hydrogens is 384 g/mol. The van der Waals surface area contributed by atoms with Gasteiger partial charge < -0.3 is 14.4 Å². The summed E-state index contributed by atoms with van der Waals surface area (Å²) >= 11 is 0. The first kappa shape index (κ1) is 24.5. The van der Waals surface area contributed by atoms with Gasteiger partial charge in [-0.2, -0.15) is 0 Å². The van der Waals surface area contributed by atoms with Gasteiger partial charge in [0.1, 0.15) is 11.6 Å². The zero-order chi connectivity index (χ0) is 22.9. The average Bonchev–Trinajstić information content (AvgIpc) is 3.06. The van der Waals surface area contributed by atoms with Crippen LogP contribution in [0.15, 0.2) is 0 Å². The number of ether oxygens (including phenoxy) is 2. The van der Waals surface area contributed by atoms with Gasteiger partial charge in [-0.3, -0.25) is 9.69 Å². The molecule has 0 unspecified atom stereocenters. The van der Waals surface area contributed by atoms with Crippen LogP contribution in [-0.4, -0.2) is 65.2 Å². The van der Waals surface area contributed by atoms with E-state index in [2.05, 4.69) is 13.8 Å². The summed E-state index contributed by atoms with van der Waals surface area (Å²) in [5.74, 6) is -0.531. The van der Waals surface area contributed by atoms with E-state index in [1.165, 1.54) is 12.0 Å². The summed E-state index contributed by atoms with van der Waals surface area (Å²) in [5, 5.41) is 0. The smallest absolute Gasteiger partial charge is 0.411 e. The Bertz CT molecular complexity index is 642. The van der Waals surface area contributed by atoms with E-state index in [9.17, 15) is 14.4 Å². The van der Waals surface area contributed by atoms with Crippen LogP contribution in [0.5, 0.6) is 0 Å². The lowest BCUT2D eigenvalue weighted by Crippen LogP contribution is -2.52. The molecule has 2 fully saturated rings. The number of likely N-dealkylation sites (tertiary alicyclic amines) is 1. The van der Waals surface area contributed by atoms with Gasteiger partial charge in [-0.25, -0.2) is 9.59 Å². The van der Waals surface area contributed by atoms with Crippen molar-refractivity contribution in [3.8, 4) is 0 Å². The fourth-order valence-electron chi connectivity index (χ4n) is 4.52.